The van der Waals surface area contributed by atoms with E-state index >= 15 is 0 Å². The third-order valence-corrected chi connectivity index (χ3v) is 5.25. The van der Waals surface area contributed by atoms with Crippen LogP contribution in [0.2, 0.25) is 0 Å². The third kappa shape index (κ3) is 4.14. The first kappa shape index (κ1) is 18.2. The molecule has 1 saturated heterocycles. The first-order valence-electron chi connectivity index (χ1n) is 8.12. The van der Waals surface area contributed by atoms with Gasteiger partial charge in [-0.05, 0) is 42.5 Å². The molecule has 1 amide bonds. The maximum atomic E-state index is 12.4. The van der Waals surface area contributed by atoms with Crippen molar-refractivity contribution >= 4 is 27.1 Å². The lowest BCUT2D eigenvalue weighted by atomic mass is 10.1. The topological polar surface area (TPSA) is 95.9 Å². The summed E-state index contributed by atoms with van der Waals surface area (Å²) in [6, 6.07) is 11.1. The summed E-state index contributed by atoms with van der Waals surface area (Å²) in [4.78, 5) is 14.4. The van der Waals surface area contributed by atoms with Crippen molar-refractivity contribution in [3.63, 3.8) is 0 Å². The number of sulfone groups is 1. The number of amides is 1. The van der Waals surface area contributed by atoms with E-state index in [2.05, 4.69) is 10.2 Å². The number of anilines is 2. The smallest absolute Gasteiger partial charge is 0.255 e. The normalized spacial score (nSPS) is 14.9. The number of hydrogen-bond donors (Lipinski definition) is 2. The molecule has 0 spiro atoms. The second-order valence-corrected chi connectivity index (χ2v) is 8.04. The summed E-state index contributed by atoms with van der Waals surface area (Å²) in [6.07, 6.45) is 0.998. The van der Waals surface area contributed by atoms with Crippen LogP contribution in [0, 0.1) is 0 Å². The molecule has 1 aliphatic heterocycles. The zero-order chi connectivity index (χ0) is 18.7. The van der Waals surface area contributed by atoms with E-state index in [1.807, 2.05) is 12.1 Å². The van der Waals surface area contributed by atoms with Gasteiger partial charge in [0.05, 0.1) is 13.2 Å². The Kier molecular flexibility index (Phi) is 5.15. The van der Waals surface area contributed by atoms with Gasteiger partial charge in [0.15, 0.2) is 9.84 Å². The molecular weight excluding hydrogens is 356 g/mol. The number of phenolic OH excluding ortho intramolecular Hbond substituents is 1. The molecule has 2 aromatic carbocycles. The van der Waals surface area contributed by atoms with Gasteiger partial charge in [0, 0.05) is 36.3 Å². The average molecular weight is 376 g/mol. The van der Waals surface area contributed by atoms with Crippen molar-refractivity contribution in [1.29, 1.82) is 0 Å². The molecule has 0 saturated carbocycles. The van der Waals surface area contributed by atoms with Crippen LogP contribution >= 0.6 is 0 Å². The largest absolute Gasteiger partial charge is 0.507 e. The number of aromatic hydroxyl groups is 1. The van der Waals surface area contributed by atoms with Gasteiger partial charge in [-0.2, -0.15) is 0 Å². The number of phenols is 1. The van der Waals surface area contributed by atoms with Gasteiger partial charge in [0.1, 0.15) is 10.6 Å². The monoisotopic (exact) mass is 376 g/mol. The van der Waals surface area contributed by atoms with Crippen molar-refractivity contribution in [1.82, 2.24) is 0 Å². The molecule has 1 heterocycles. The van der Waals surface area contributed by atoms with Gasteiger partial charge in [-0.1, -0.05) is 0 Å². The van der Waals surface area contributed by atoms with E-state index < -0.39 is 9.84 Å². The summed E-state index contributed by atoms with van der Waals surface area (Å²) < 4.78 is 28.7. The fourth-order valence-electron chi connectivity index (χ4n) is 2.74. The van der Waals surface area contributed by atoms with E-state index in [-0.39, 0.29) is 16.6 Å². The average Bonchev–Trinajstić information content (AvgIpc) is 2.63. The highest BCUT2D eigenvalue weighted by Crippen LogP contribution is 2.26. The molecule has 138 valence electrons. The van der Waals surface area contributed by atoms with E-state index in [0.29, 0.717) is 24.5 Å². The number of nitrogens with one attached hydrogen (secondary N) is 1. The second-order valence-electron chi connectivity index (χ2n) is 6.06. The minimum Gasteiger partial charge on any atom is -0.507 e. The predicted molar refractivity (Wildman–Crippen MR) is 98.6 cm³/mol. The summed E-state index contributed by atoms with van der Waals surface area (Å²) in [5.74, 6) is -0.705. The standard InChI is InChI=1S/C18H20N2O5S/c1-26(23,24)17-12-14(4-7-16(17)21)19-18(22)13-2-5-15(6-3-13)20-8-10-25-11-9-20/h2-7,12,21H,8-11H2,1H3,(H,19,22). The Morgan fingerprint density at radius 2 is 1.77 bits per heavy atom. The predicted octanol–water partition coefficient (Wildman–Crippen LogP) is 1.88. The first-order valence-corrected chi connectivity index (χ1v) is 10.0. The fraction of sp³-hybridized carbons (Fsp3) is 0.278. The molecule has 0 unspecified atom stereocenters. The highest BCUT2D eigenvalue weighted by atomic mass is 32.2. The number of nitrogens with zero attached hydrogens (tertiary/aromatic N) is 1. The number of hydrogen-bond acceptors (Lipinski definition) is 6. The molecule has 2 aromatic rings. The van der Waals surface area contributed by atoms with Crippen LogP contribution in [0.3, 0.4) is 0 Å². The zero-order valence-corrected chi connectivity index (χ0v) is 15.1. The van der Waals surface area contributed by atoms with Crippen molar-refractivity contribution in [3.05, 3.63) is 48.0 Å². The molecule has 0 radical (unpaired) electrons. The molecule has 8 heteroatoms. The van der Waals surface area contributed by atoms with E-state index in [1.54, 1.807) is 12.1 Å². The maximum absolute atomic E-state index is 12.4. The van der Waals surface area contributed by atoms with E-state index in [9.17, 15) is 18.3 Å². The molecule has 0 aliphatic carbocycles. The van der Waals surface area contributed by atoms with Gasteiger partial charge in [-0.15, -0.1) is 0 Å². The van der Waals surface area contributed by atoms with Crippen LogP contribution in [0.15, 0.2) is 47.4 Å². The Labute approximate surface area is 152 Å². The van der Waals surface area contributed by atoms with Crippen molar-refractivity contribution in [2.75, 3.05) is 42.8 Å². The maximum Gasteiger partial charge on any atom is 0.255 e. The molecule has 1 fully saturated rings. The molecular formula is C18H20N2O5S. The number of morpholine rings is 1. The van der Waals surface area contributed by atoms with Crippen LogP contribution in [-0.2, 0) is 14.6 Å². The number of carbonyl (C=O) groups excluding carboxylic acids is 1. The molecule has 2 N–H and O–H groups in total. The van der Waals surface area contributed by atoms with Crippen LogP contribution in [0.5, 0.6) is 5.75 Å². The van der Waals surface area contributed by atoms with Crippen LogP contribution in [0.4, 0.5) is 11.4 Å². The van der Waals surface area contributed by atoms with Crippen molar-refractivity contribution < 1.29 is 23.1 Å². The molecule has 3 rings (SSSR count). The lowest BCUT2D eigenvalue weighted by Crippen LogP contribution is -2.36. The van der Waals surface area contributed by atoms with E-state index in [4.69, 9.17) is 4.74 Å². The summed E-state index contributed by atoms with van der Waals surface area (Å²) in [6.45, 7) is 3.00. The highest BCUT2D eigenvalue weighted by molar-refractivity contribution is 7.90. The second kappa shape index (κ2) is 7.35. The van der Waals surface area contributed by atoms with Gasteiger partial charge in [-0.25, -0.2) is 8.42 Å². The van der Waals surface area contributed by atoms with Crippen LogP contribution in [0.25, 0.3) is 0 Å². The minimum absolute atomic E-state index is 0.224. The number of ether oxygens (including phenoxy) is 1. The van der Waals surface area contributed by atoms with Gasteiger partial charge in [0.25, 0.3) is 5.91 Å². The molecule has 0 atom stereocenters. The van der Waals surface area contributed by atoms with Gasteiger partial charge >= 0.3 is 0 Å². The Bertz CT molecular complexity index is 904. The SMILES string of the molecule is CS(=O)(=O)c1cc(NC(=O)c2ccc(N3CCOCC3)cc2)ccc1O. The van der Waals surface area contributed by atoms with E-state index in [0.717, 1.165) is 25.0 Å². The molecule has 0 aromatic heterocycles. The Balaban J connectivity index is 1.74. The zero-order valence-electron chi connectivity index (χ0n) is 14.3. The van der Waals surface area contributed by atoms with Crippen molar-refractivity contribution in [2.45, 2.75) is 4.90 Å². The van der Waals surface area contributed by atoms with Crippen LogP contribution < -0.4 is 10.2 Å². The first-order chi connectivity index (χ1) is 12.3. The van der Waals surface area contributed by atoms with Gasteiger partial charge < -0.3 is 20.1 Å². The van der Waals surface area contributed by atoms with Crippen molar-refractivity contribution in [3.8, 4) is 5.75 Å². The Morgan fingerprint density at radius 3 is 2.38 bits per heavy atom. The lowest BCUT2D eigenvalue weighted by Gasteiger charge is -2.28. The Morgan fingerprint density at radius 1 is 1.12 bits per heavy atom. The molecule has 1 aliphatic rings. The quantitative estimate of drug-likeness (QED) is 0.791. The van der Waals surface area contributed by atoms with Crippen LogP contribution in [0.1, 0.15) is 10.4 Å². The van der Waals surface area contributed by atoms with Gasteiger partial charge in [0.2, 0.25) is 0 Å². The van der Waals surface area contributed by atoms with Crippen LogP contribution in [-0.4, -0.2) is 52.0 Å². The summed E-state index contributed by atoms with van der Waals surface area (Å²) in [7, 11) is -3.59. The van der Waals surface area contributed by atoms with E-state index in [1.165, 1.54) is 18.2 Å². The highest BCUT2D eigenvalue weighted by Gasteiger charge is 2.16. The fourth-order valence-corrected chi connectivity index (χ4v) is 3.53. The molecule has 7 nitrogen and oxygen atoms in total. The molecule has 0 bridgehead atoms. The summed E-state index contributed by atoms with van der Waals surface area (Å²) in [5, 5.41) is 12.3. The van der Waals surface area contributed by atoms with Crippen molar-refractivity contribution in [2.24, 2.45) is 0 Å². The Hall–Kier alpha value is -2.58. The lowest BCUT2D eigenvalue weighted by molar-refractivity contribution is 0.102. The number of benzene rings is 2. The summed E-state index contributed by atoms with van der Waals surface area (Å²) >= 11 is 0. The number of rotatable bonds is 4. The number of carbonyl (C=O) groups is 1. The summed E-state index contributed by atoms with van der Waals surface area (Å²) in [5.41, 5.74) is 1.77. The third-order valence-electron chi connectivity index (χ3n) is 4.12. The van der Waals surface area contributed by atoms with Gasteiger partial charge in [-0.3, -0.25) is 4.79 Å². The molecule has 26 heavy (non-hydrogen) atoms. The minimum atomic E-state index is -3.59.